The molecule has 0 aliphatic heterocycles. The topological polar surface area (TPSA) is 84.6 Å². The van der Waals surface area contributed by atoms with Gasteiger partial charge in [0.25, 0.3) is 0 Å². The molecule has 0 heterocycles. The highest BCUT2D eigenvalue weighted by Crippen LogP contribution is 1.90. The number of methoxy groups -OCH3 is 1. The molecule has 0 bridgehead atoms. The Bertz CT molecular complexity index is 107. The van der Waals surface area contributed by atoms with Gasteiger partial charge in [0, 0.05) is 7.11 Å². The van der Waals surface area contributed by atoms with Gasteiger partial charge in [0.1, 0.15) is 0 Å². The first-order valence-corrected chi connectivity index (χ1v) is 2.87. The molecule has 0 aromatic carbocycles. The zero-order valence-corrected chi connectivity index (χ0v) is 5.83. The predicted octanol–water partition coefficient (Wildman–Crippen LogP) is -1.63. The zero-order chi connectivity index (χ0) is 7.98. The first kappa shape index (κ1) is 9.35. The summed E-state index contributed by atoms with van der Waals surface area (Å²) in [5, 5.41) is 8.91. The van der Waals surface area contributed by atoms with E-state index in [1.807, 2.05) is 5.43 Å². The molecule has 0 spiro atoms. The summed E-state index contributed by atoms with van der Waals surface area (Å²) in [7, 11) is 1.45. The molecule has 10 heavy (non-hydrogen) atoms. The molecule has 0 rings (SSSR count). The van der Waals surface area contributed by atoms with Crippen LogP contribution in [0.15, 0.2) is 0 Å². The second-order valence-electron chi connectivity index (χ2n) is 1.88. The van der Waals surface area contributed by atoms with Crippen LogP contribution >= 0.6 is 0 Å². The SMILES string of the molecule is COC[C@H](O)CC(=O)NN. The fraction of sp³-hybridized carbons (Fsp3) is 0.800. The Balaban J connectivity index is 3.37. The lowest BCUT2D eigenvalue weighted by molar-refractivity contribution is -0.123. The molecule has 0 aliphatic rings. The predicted molar refractivity (Wildman–Crippen MR) is 34.8 cm³/mol. The molecule has 0 saturated carbocycles. The number of rotatable bonds is 4. The number of ether oxygens (including phenoxy) is 1. The van der Waals surface area contributed by atoms with Crippen molar-refractivity contribution in [3.05, 3.63) is 0 Å². The Labute approximate surface area is 59.1 Å². The number of carbonyl (C=O) groups excluding carboxylic acids is 1. The minimum Gasteiger partial charge on any atom is -0.390 e. The number of nitrogens with one attached hydrogen (secondary N) is 1. The lowest BCUT2D eigenvalue weighted by Crippen LogP contribution is -2.33. The van der Waals surface area contributed by atoms with E-state index in [1.165, 1.54) is 7.11 Å². The van der Waals surface area contributed by atoms with Gasteiger partial charge in [-0.3, -0.25) is 10.2 Å². The van der Waals surface area contributed by atoms with Gasteiger partial charge < -0.3 is 9.84 Å². The molecule has 1 amide bonds. The minimum absolute atomic E-state index is 0.0235. The number of nitrogens with two attached hydrogens (primary N) is 1. The van der Waals surface area contributed by atoms with Crippen molar-refractivity contribution < 1.29 is 14.6 Å². The van der Waals surface area contributed by atoms with E-state index < -0.39 is 12.0 Å². The highest BCUT2D eigenvalue weighted by molar-refractivity contribution is 5.75. The zero-order valence-electron chi connectivity index (χ0n) is 5.83. The van der Waals surface area contributed by atoms with E-state index in [9.17, 15) is 4.79 Å². The summed E-state index contributed by atoms with van der Waals surface area (Å²) < 4.78 is 4.58. The second-order valence-corrected chi connectivity index (χ2v) is 1.88. The third-order valence-electron chi connectivity index (χ3n) is 0.941. The van der Waals surface area contributed by atoms with E-state index in [4.69, 9.17) is 10.9 Å². The van der Waals surface area contributed by atoms with Gasteiger partial charge in [-0.1, -0.05) is 0 Å². The Hall–Kier alpha value is -0.650. The maximum atomic E-state index is 10.4. The maximum absolute atomic E-state index is 10.4. The van der Waals surface area contributed by atoms with Gasteiger partial charge in [-0.2, -0.15) is 0 Å². The van der Waals surface area contributed by atoms with Gasteiger partial charge in [-0.05, 0) is 0 Å². The van der Waals surface area contributed by atoms with Gasteiger partial charge in [-0.25, -0.2) is 5.84 Å². The highest BCUT2D eigenvalue weighted by Gasteiger charge is 2.07. The van der Waals surface area contributed by atoms with Crippen LogP contribution in [0.1, 0.15) is 6.42 Å². The summed E-state index contributed by atoms with van der Waals surface area (Å²) in [5.41, 5.74) is 1.90. The van der Waals surface area contributed by atoms with Crippen molar-refractivity contribution in [3.8, 4) is 0 Å². The molecule has 0 radical (unpaired) electrons. The largest absolute Gasteiger partial charge is 0.390 e. The van der Waals surface area contributed by atoms with Crippen LogP contribution in [0, 0.1) is 0 Å². The normalized spacial score (nSPS) is 12.7. The standard InChI is InChI=1S/C5H12N2O3/c1-10-3-4(8)2-5(9)7-6/h4,8H,2-3,6H2,1H3,(H,7,9)/t4-/m1/s1. The summed E-state index contributed by atoms with van der Waals surface area (Å²) in [6.45, 7) is 0.146. The van der Waals surface area contributed by atoms with Crippen LogP contribution in [-0.2, 0) is 9.53 Å². The third-order valence-corrected chi connectivity index (χ3v) is 0.941. The molecule has 0 aromatic rings. The van der Waals surface area contributed by atoms with Crippen molar-refractivity contribution in [2.24, 2.45) is 5.84 Å². The molecular formula is C5H12N2O3. The maximum Gasteiger partial charge on any atom is 0.236 e. The first-order chi connectivity index (χ1) is 4.70. The van der Waals surface area contributed by atoms with Gasteiger partial charge in [0.2, 0.25) is 5.91 Å². The number of carbonyl (C=O) groups is 1. The monoisotopic (exact) mass is 148 g/mol. The molecule has 0 aromatic heterocycles. The van der Waals surface area contributed by atoms with Crippen LogP contribution in [0.3, 0.4) is 0 Å². The van der Waals surface area contributed by atoms with Crippen LogP contribution < -0.4 is 11.3 Å². The van der Waals surface area contributed by atoms with Crippen LogP contribution in [0.2, 0.25) is 0 Å². The van der Waals surface area contributed by atoms with Crippen LogP contribution in [-0.4, -0.2) is 30.8 Å². The Kier molecular flexibility index (Phi) is 4.82. The number of hydrogen-bond donors (Lipinski definition) is 3. The average molecular weight is 148 g/mol. The van der Waals surface area contributed by atoms with E-state index in [2.05, 4.69) is 4.74 Å². The van der Waals surface area contributed by atoms with E-state index in [0.29, 0.717) is 0 Å². The van der Waals surface area contributed by atoms with E-state index in [0.717, 1.165) is 0 Å². The lowest BCUT2D eigenvalue weighted by Gasteiger charge is -2.06. The summed E-state index contributed by atoms with van der Waals surface area (Å²) in [5.74, 6) is 4.37. The highest BCUT2D eigenvalue weighted by atomic mass is 16.5. The molecule has 0 fully saturated rings. The minimum atomic E-state index is -0.770. The Morgan fingerprint density at radius 1 is 1.90 bits per heavy atom. The van der Waals surface area contributed by atoms with Crippen molar-refractivity contribution in [1.82, 2.24) is 5.43 Å². The van der Waals surface area contributed by atoms with Gasteiger partial charge in [-0.15, -0.1) is 0 Å². The fourth-order valence-electron chi connectivity index (χ4n) is 0.524. The molecule has 0 aliphatic carbocycles. The Morgan fingerprint density at radius 2 is 2.50 bits per heavy atom. The summed E-state index contributed by atoms with van der Waals surface area (Å²) >= 11 is 0. The molecule has 0 unspecified atom stereocenters. The smallest absolute Gasteiger partial charge is 0.236 e. The average Bonchev–Trinajstić information content (AvgIpc) is 1.88. The van der Waals surface area contributed by atoms with Crippen molar-refractivity contribution in [2.75, 3.05) is 13.7 Å². The first-order valence-electron chi connectivity index (χ1n) is 2.87. The molecule has 1 atom stereocenters. The van der Waals surface area contributed by atoms with Crippen molar-refractivity contribution in [3.63, 3.8) is 0 Å². The molecular weight excluding hydrogens is 136 g/mol. The lowest BCUT2D eigenvalue weighted by atomic mass is 10.2. The number of amides is 1. The molecule has 60 valence electrons. The van der Waals surface area contributed by atoms with Crippen LogP contribution in [0.4, 0.5) is 0 Å². The van der Waals surface area contributed by atoms with Crippen molar-refractivity contribution in [2.45, 2.75) is 12.5 Å². The van der Waals surface area contributed by atoms with Gasteiger partial charge in [0.05, 0.1) is 19.1 Å². The van der Waals surface area contributed by atoms with E-state index in [-0.39, 0.29) is 13.0 Å². The summed E-state index contributed by atoms with van der Waals surface area (Å²) in [6, 6.07) is 0. The van der Waals surface area contributed by atoms with Gasteiger partial charge in [0.15, 0.2) is 0 Å². The quantitative estimate of drug-likeness (QED) is 0.254. The fourth-order valence-corrected chi connectivity index (χ4v) is 0.524. The number of aliphatic hydroxyl groups excluding tert-OH is 1. The third kappa shape index (κ3) is 4.25. The number of hydrogen-bond acceptors (Lipinski definition) is 4. The van der Waals surface area contributed by atoms with E-state index in [1.54, 1.807) is 0 Å². The molecule has 5 heteroatoms. The van der Waals surface area contributed by atoms with Crippen LogP contribution in [0.25, 0.3) is 0 Å². The number of aliphatic hydroxyl groups is 1. The summed E-state index contributed by atoms with van der Waals surface area (Å²) in [6.07, 6.45) is -0.793. The van der Waals surface area contributed by atoms with Crippen molar-refractivity contribution in [1.29, 1.82) is 0 Å². The van der Waals surface area contributed by atoms with Crippen LogP contribution in [0.5, 0.6) is 0 Å². The molecule has 4 N–H and O–H groups in total. The Morgan fingerprint density at radius 3 is 2.90 bits per heavy atom. The molecule has 5 nitrogen and oxygen atoms in total. The molecule has 0 saturated heterocycles. The second kappa shape index (κ2) is 5.16. The van der Waals surface area contributed by atoms with E-state index >= 15 is 0 Å². The van der Waals surface area contributed by atoms with Gasteiger partial charge >= 0.3 is 0 Å². The summed E-state index contributed by atoms with van der Waals surface area (Å²) in [4.78, 5) is 10.4. The number of hydrazine groups is 1. The van der Waals surface area contributed by atoms with Crippen molar-refractivity contribution >= 4 is 5.91 Å².